The maximum Gasteiger partial charge on any atom is 0.327 e. The summed E-state index contributed by atoms with van der Waals surface area (Å²) >= 11 is 0. The molecule has 19 heavy (non-hydrogen) atoms. The Morgan fingerprint density at radius 2 is 1.95 bits per heavy atom. The van der Waals surface area contributed by atoms with Gasteiger partial charge in [0.15, 0.2) is 0 Å². The lowest BCUT2D eigenvalue weighted by atomic mass is 9.92. The Hall–Kier alpha value is -1.55. The standard InChI is InChI=1S/C15H23NO3/c1-7-19-15(17)14(16-5)13-9(2)8-12(18-6)10(3)11(13)4/h8,14,16H,7H2,1-6H3. The van der Waals surface area contributed by atoms with Gasteiger partial charge in [0.1, 0.15) is 11.8 Å². The molecule has 1 aromatic rings. The van der Waals surface area contributed by atoms with Gasteiger partial charge >= 0.3 is 5.97 Å². The number of carbonyl (C=O) groups is 1. The molecule has 0 fully saturated rings. The molecule has 0 spiro atoms. The third kappa shape index (κ3) is 3.07. The zero-order valence-electron chi connectivity index (χ0n) is 12.6. The normalized spacial score (nSPS) is 12.1. The number of hydrogen-bond acceptors (Lipinski definition) is 4. The van der Waals surface area contributed by atoms with Crippen molar-refractivity contribution in [3.8, 4) is 5.75 Å². The first kappa shape index (κ1) is 15.5. The number of hydrogen-bond donors (Lipinski definition) is 1. The van der Waals surface area contributed by atoms with Crippen LogP contribution in [0.1, 0.15) is 35.2 Å². The van der Waals surface area contributed by atoms with Crippen LogP contribution < -0.4 is 10.1 Å². The lowest BCUT2D eigenvalue weighted by Gasteiger charge is -2.22. The van der Waals surface area contributed by atoms with Gasteiger partial charge in [-0.05, 0) is 63.1 Å². The minimum absolute atomic E-state index is 0.249. The van der Waals surface area contributed by atoms with Gasteiger partial charge in [-0.15, -0.1) is 0 Å². The zero-order valence-corrected chi connectivity index (χ0v) is 12.6. The van der Waals surface area contributed by atoms with Crippen LogP contribution in [0.15, 0.2) is 6.07 Å². The van der Waals surface area contributed by atoms with E-state index in [9.17, 15) is 4.79 Å². The first-order valence-electron chi connectivity index (χ1n) is 6.46. The summed E-state index contributed by atoms with van der Waals surface area (Å²) in [6.45, 7) is 8.17. The van der Waals surface area contributed by atoms with Crippen molar-refractivity contribution in [2.24, 2.45) is 0 Å². The maximum atomic E-state index is 12.0. The molecule has 1 aromatic carbocycles. The van der Waals surface area contributed by atoms with E-state index in [0.717, 1.165) is 28.0 Å². The molecule has 0 aliphatic rings. The van der Waals surface area contributed by atoms with E-state index in [1.807, 2.05) is 33.8 Å². The second-order valence-corrected chi connectivity index (χ2v) is 4.53. The molecule has 0 amide bonds. The molecule has 106 valence electrons. The van der Waals surface area contributed by atoms with E-state index in [1.165, 1.54) is 0 Å². The number of likely N-dealkylation sites (N-methyl/N-ethyl adjacent to an activating group) is 1. The number of benzene rings is 1. The van der Waals surface area contributed by atoms with Crippen LogP contribution in [0.25, 0.3) is 0 Å². The first-order chi connectivity index (χ1) is 8.97. The molecule has 1 atom stereocenters. The van der Waals surface area contributed by atoms with E-state index in [2.05, 4.69) is 5.32 Å². The van der Waals surface area contributed by atoms with E-state index in [4.69, 9.17) is 9.47 Å². The summed E-state index contributed by atoms with van der Waals surface area (Å²) in [5.74, 6) is 0.596. The number of methoxy groups -OCH3 is 1. The molecule has 4 heteroatoms. The molecule has 0 radical (unpaired) electrons. The van der Waals surface area contributed by atoms with Gasteiger partial charge in [0, 0.05) is 0 Å². The summed E-state index contributed by atoms with van der Waals surface area (Å²) in [5, 5.41) is 3.03. The second-order valence-electron chi connectivity index (χ2n) is 4.53. The van der Waals surface area contributed by atoms with Gasteiger partial charge in [-0.1, -0.05) is 0 Å². The van der Waals surface area contributed by atoms with Crippen molar-refractivity contribution in [3.05, 3.63) is 28.3 Å². The average Bonchev–Trinajstić information content (AvgIpc) is 2.38. The Morgan fingerprint density at radius 3 is 2.42 bits per heavy atom. The van der Waals surface area contributed by atoms with Crippen LogP contribution in [0.5, 0.6) is 5.75 Å². The topological polar surface area (TPSA) is 47.6 Å². The Kier molecular flexibility index (Phi) is 5.36. The predicted octanol–water partition coefficient (Wildman–Crippen LogP) is 2.44. The van der Waals surface area contributed by atoms with Crippen molar-refractivity contribution in [2.45, 2.75) is 33.7 Å². The molecule has 4 nitrogen and oxygen atoms in total. The molecular weight excluding hydrogens is 242 g/mol. The highest BCUT2D eigenvalue weighted by Gasteiger charge is 2.25. The Morgan fingerprint density at radius 1 is 1.32 bits per heavy atom. The van der Waals surface area contributed by atoms with Crippen molar-refractivity contribution in [1.82, 2.24) is 5.32 Å². The van der Waals surface area contributed by atoms with E-state index in [0.29, 0.717) is 6.61 Å². The van der Waals surface area contributed by atoms with Gasteiger partial charge in [-0.2, -0.15) is 0 Å². The van der Waals surface area contributed by atoms with Crippen LogP contribution in [0.2, 0.25) is 0 Å². The molecular formula is C15H23NO3. The smallest absolute Gasteiger partial charge is 0.327 e. The van der Waals surface area contributed by atoms with Crippen LogP contribution in [0.3, 0.4) is 0 Å². The zero-order chi connectivity index (χ0) is 14.6. The van der Waals surface area contributed by atoms with Gasteiger partial charge < -0.3 is 14.8 Å². The molecule has 1 unspecified atom stereocenters. The van der Waals surface area contributed by atoms with Crippen molar-refractivity contribution in [2.75, 3.05) is 20.8 Å². The Bertz CT molecular complexity index is 469. The largest absolute Gasteiger partial charge is 0.496 e. The summed E-state index contributed by atoms with van der Waals surface area (Å²) < 4.78 is 10.5. The SMILES string of the molecule is CCOC(=O)C(NC)c1c(C)cc(OC)c(C)c1C. The minimum atomic E-state index is -0.440. The quantitative estimate of drug-likeness (QED) is 0.831. The molecule has 0 aromatic heterocycles. The fourth-order valence-electron chi connectivity index (χ4n) is 2.33. The molecule has 0 saturated carbocycles. The van der Waals surface area contributed by atoms with E-state index in [-0.39, 0.29) is 5.97 Å². The average molecular weight is 265 g/mol. The monoisotopic (exact) mass is 265 g/mol. The molecule has 0 bridgehead atoms. The van der Waals surface area contributed by atoms with Gasteiger partial charge in [-0.3, -0.25) is 0 Å². The lowest BCUT2D eigenvalue weighted by Crippen LogP contribution is -2.29. The third-order valence-electron chi connectivity index (χ3n) is 3.43. The fourth-order valence-corrected chi connectivity index (χ4v) is 2.33. The van der Waals surface area contributed by atoms with Crippen LogP contribution >= 0.6 is 0 Å². The van der Waals surface area contributed by atoms with Gasteiger partial charge in [0.25, 0.3) is 0 Å². The van der Waals surface area contributed by atoms with Crippen LogP contribution in [0, 0.1) is 20.8 Å². The number of esters is 1. The highest BCUT2D eigenvalue weighted by molar-refractivity contribution is 5.79. The van der Waals surface area contributed by atoms with Crippen molar-refractivity contribution < 1.29 is 14.3 Å². The summed E-state index contributed by atoms with van der Waals surface area (Å²) in [6, 6.07) is 1.52. The molecule has 0 aliphatic carbocycles. The second kappa shape index (κ2) is 6.57. The number of nitrogens with one attached hydrogen (secondary N) is 1. The fraction of sp³-hybridized carbons (Fsp3) is 0.533. The van der Waals surface area contributed by atoms with Crippen LogP contribution in [-0.4, -0.2) is 26.7 Å². The van der Waals surface area contributed by atoms with Gasteiger partial charge in [0.2, 0.25) is 0 Å². The molecule has 1 rings (SSSR count). The number of aryl methyl sites for hydroxylation is 1. The van der Waals surface area contributed by atoms with Crippen molar-refractivity contribution >= 4 is 5.97 Å². The minimum Gasteiger partial charge on any atom is -0.496 e. The molecule has 0 aliphatic heterocycles. The Labute approximate surface area is 115 Å². The molecule has 0 saturated heterocycles. The molecule has 0 heterocycles. The van der Waals surface area contributed by atoms with Gasteiger partial charge in [0.05, 0.1) is 13.7 Å². The number of carbonyl (C=O) groups excluding carboxylic acids is 1. The third-order valence-corrected chi connectivity index (χ3v) is 3.43. The van der Waals surface area contributed by atoms with Crippen molar-refractivity contribution in [3.63, 3.8) is 0 Å². The predicted molar refractivity (Wildman–Crippen MR) is 75.6 cm³/mol. The Balaban J connectivity index is 3.32. The summed E-state index contributed by atoms with van der Waals surface area (Å²) in [7, 11) is 3.42. The van der Waals surface area contributed by atoms with Crippen LogP contribution in [-0.2, 0) is 9.53 Å². The van der Waals surface area contributed by atoms with E-state index < -0.39 is 6.04 Å². The lowest BCUT2D eigenvalue weighted by molar-refractivity contribution is -0.145. The van der Waals surface area contributed by atoms with Crippen molar-refractivity contribution in [1.29, 1.82) is 0 Å². The highest BCUT2D eigenvalue weighted by atomic mass is 16.5. The summed E-state index contributed by atoms with van der Waals surface area (Å²) in [5.41, 5.74) is 4.10. The van der Waals surface area contributed by atoms with E-state index >= 15 is 0 Å². The molecule has 1 N–H and O–H groups in total. The highest BCUT2D eigenvalue weighted by Crippen LogP contribution is 2.31. The maximum absolute atomic E-state index is 12.0. The van der Waals surface area contributed by atoms with Crippen LogP contribution in [0.4, 0.5) is 0 Å². The first-order valence-corrected chi connectivity index (χ1v) is 6.46. The number of ether oxygens (including phenoxy) is 2. The van der Waals surface area contributed by atoms with Gasteiger partial charge in [-0.25, -0.2) is 4.79 Å². The summed E-state index contributed by atoms with van der Waals surface area (Å²) in [4.78, 5) is 12.0. The number of rotatable bonds is 5. The summed E-state index contributed by atoms with van der Waals surface area (Å²) in [6.07, 6.45) is 0. The van der Waals surface area contributed by atoms with E-state index in [1.54, 1.807) is 14.2 Å².